The lowest BCUT2D eigenvalue weighted by Gasteiger charge is -2.11. The van der Waals surface area contributed by atoms with Crippen molar-refractivity contribution < 1.29 is 9.26 Å². The third-order valence-corrected chi connectivity index (χ3v) is 3.96. The second kappa shape index (κ2) is 7.01. The number of nitrogens with two attached hydrogens (primary N) is 1. The van der Waals surface area contributed by atoms with Crippen LogP contribution in [0.25, 0.3) is 0 Å². The Balaban J connectivity index is 1.86. The molecule has 0 aromatic carbocycles. The molecule has 0 bridgehead atoms. The van der Waals surface area contributed by atoms with Crippen LogP contribution in [-0.2, 0) is 11.2 Å². The van der Waals surface area contributed by atoms with Gasteiger partial charge >= 0.3 is 0 Å². The molecule has 1 aliphatic carbocycles. The molecule has 1 aliphatic rings. The first-order valence-corrected chi connectivity index (χ1v) is 7.33. The minimum Gasteiger partial charge on any atom is -0.373 e. The number of hydrogen-bond acceptors (Lipinski definition) is 5. The maximum Gasteiger partial charge on any atom is 0.226 e. The Labute approximate surface area is 114 Å². The van der Waals surface area contributed by atoms with Crippen molar-refractivity contribution in [3.63, 3.8) is 0 Å². The van der Waals surface area contributed by atoms with E-state index in [1.165, 1.54) is 12.8 Å². The Bertz CT molecular complexity index is 377. The van der Waals surface area contributed by atoms with Crippen molar-refractivity contribution in [2.24, 2.45) is 17.6 Å². The third kappa shape index (κ3) is 4.01. The molecular weight excluding hydrogens is 242 g/mol. The number of aromatic nitrogens is 2. The summed E-state index contributed by atoms with van der Waals surface area (Å²) in [5, 5.41) is 4.06. The minimum atomic E-state index is 0.0171. The van der Waals surface area contributed by atoms with Gasteiger partial charge in [-0.15, -0.1) is 0 Å². The van der Waals surface area contributed by atoms with Gasteiger partial charge < -0.3 is 15.0 Å². The van der Waals surface area contributed by atoms with Crippen LogP contribution in [-0.4, -0.2) is 23.8 Å². The van der Waals surface area contributed by atoms with E-state index in [-0.39, 0.29) is 6.10 Å². The molecule has 1 aromatic heterocycles. The largest absolute Gasteiger partial charge is 0.373 e. The number of ether oxygens (including phenoxy) is 1. The van der Waals surface area contributed by atoms with E-state index in [1.54, 1.807) is 7.11 Å². The van der Waals surface area contributed by atoms with Gasteiger partial charge in [0.2, 0.25) is 11.7 Å². The van der Waals surface area contributed by atoms with Gasteiger partial charge in [0.25, 0.3) is 0 Å². The van der Waals surface area contributed by atoms with E-state index < -0.39 is 0 Å². The topological polar surface area (TPSA) is 74.2 Å². The van der Waals surface area contributed by atoms with E-state index in [0.717, 1.165) is 38.1 Å². The van der Waals surface area contributed by atoms with Crippen molar-refractivity contribution in [2.75, 3.05) is 13.7 Å². The summed E-state index contributed by atoms with van der Waals surface area (Å²) in [6.07, 6.45) is 6.56. The van der Waals surface area contributed by atoms with E-state index in [9.17, 15) is 0 Å². The van der Waals surface area contributed by atoms with Gasteiger partial charge in [0.1, 0.15) is 6.10 Å². The predicted molar refractivity (Wildman–Crippen MR) is 72.5 cm³/mol. The normalized spacial score (nSPS) is 18.5. The number of aryl methyl sites for hydroxylation is 1. The zero-order valence-electron chi connectivity index (χ0n) is 12.0. The van der Waals surface area contributed by atoms with Gasteiger partial charge in [-0.25, -0.2) is 0 Å². The van der Waals surface area contributed by atoms with E-state index in [2.05, 4.69) is 17.1 Å². The van der Waals surface area contributed by atoms with Crippen LogP contribution in [0, 0.1) is 11.8 Å². The minimum absolute atomic E-state index is 0.0171. The fraction of sp³-hybridized carbons (Fsp3) is 0.857. The summed E-state index contributed by atoms with van der Waals surface area (Å²) in [6, 6.07) is 0. The molecule has 2 atom stereocenters. The van der Waals surface area contributed by atoms with E-state index in [0.29, 0.717) is 17.7 Å². The van der Waals surface area contributed by atoms with E-state index in [4.69, 9.17) is 15.0 Å². The highest BCUT2D eigenvalue weighted by molar-refractivity contribution is 4.98. The Morgan fingerprint density at radius 3 is 2.79 bits per heavy atom. The van der Waals surface area contributed by atoms with Crippen molar-refractivity contribution in [3.05, 3.63) is 11.7 Å². The number of methoxy groups -OCH3 is 1. The van der Waals surface area contributed by atoms with Gasteiger partial charge in [0.05, 0.1) is 0 Å². The van der Waals surface area contributed by atoms with Gasteiger partial charge in [0, 0.05) is 13.5 Å². The Morgan fingerprint density at radius 2 is 2.21 bits per heavy atom. The van der Waals surface area contributed by atoms with Crippen LogP contribution in [0.4, 0.5) is 0 Å². The van der Waals surface area contributed by atoms with Crippen molar-refractivity contribution in [1.29, 1.82) is 0 Å². The molecule has 1 saturated carbocycles. The summed E-state index contributed by atoms with van der Waals surface area (Å²) in [5.41, 5.74) is 5.61. The molecule has 1 fully saturated rings. The molecule has 0 saturated heterocycles. The van der Waals surface area contributed by atoms with E-state index in [1.807, 2.05) is 0 Å². The summed E-state index contributed by atoms with van der Waals surface area (Å²) < 4.78 is 10.8. The Hall–Kier alpha value is -0.940. The molecule has 19 heavy (non-hydrogen) atoms. The number of hydrogen-bond donors (Lipinski definition) is 1. The summed E-state index contributed by atoms with van der Waals surface area (Å²) in [4.78, 5) is 4.48. The Morgan fingerprint density at radius 1 is 1.42 bits per heavy atom. The van der Waals surface area contributed by atoms with Crippen LogP contribution in [0.5, 0.6) is 0 Å². The molecule has 2 rings (SSSR count). The van der Waals surface area contributed by atoms with Crippen molar-refractivity contribution in [3.8, 4) is 0 Å². The SMILES string of the molecule is CCC(CCN)CCc1nc(C(OC)C2CC2)no1. The molecule has 2 unspecified atom stereocenters. The molecule has 108 valence electrons. The monoisotopic (exact) mass is 267 g/mol. The van der Waals surface area contributed by atoms with Crippen LogP contribution in [0.3, 0.4) is 0 Å². The van der Waals surface area contributed by atoms with Crippen LogP contribution in [0.1, 0.15) is 56.8 Å². The van der Waals surface area contributed by atoms with Crippen molar-refractivity contribution in [2.45, 2.75) is 51.6 Å². The summed E-state index contributed by atoms with van der Waals surface area (Å²) >= 11 is 0. The standard InChI is InChI=1S/C14H25N3O2/c1-3-10(8-9-15)4-7-12-16-14(17-19-12)13(18-2)11-5-6-11/h10-11,13H,3-9,15H2,1-2H3. The Kier molecular flexibility index (Phi) is 5.34. The number of nitrogens with zero attached hydrogens (tertiary/aromatic N) is 2. The number of rotatable bonds is 9. The average Bonchev–Trinajstić information content (AvgIpc) is 3.14. The lowest BCUT2D eigenvalue weighted by Crippen LogP contribution is -2.09. The van der Waals surface area contributed by atoms with Gasteiger partial charge in [-0.3, -0.25) is 0 Å². The van der Waals surface area contributed by atoms with Crippen LogP contribution < -0.4 is 5.73 Å². The highest BCUT2D eigenvalue weighted by atomic mass is 16.5. The van der Waals surface area contributed by atoms with Gasteiger partial charge in [-0.2, -0.15) is 4.98 Å². The second-order valence-electron chi connectivity index (χ2n) is 5.43. The van der Waals surface area contributed by atoms with Gasteiger partial charge in [-0.05, 0) is 44.1 Å². The molecule has 1 aromatic rings. The van der Waals surface area contributed by atoms with Gasteiger partial charge in [0.15, 0.2) is 0 Å². The highest BCUT2D eigenvalue weighted by Gasteiger charge is 2.35. The first-order chi connectivity index (χ1) is 9.28. The average molecular weight is 267 g/mol. The fourth-order valence-corrected chi connectivity index (χ4v) is 2.51. The fourth-order valence-electron chi connectivity index (χ4n) is 2.51. The van der Waals surface area contributed by atoms with Crippen LogP contribution in [0.2, 0.25) is 0 Å². The quantitative estimate of drug-likeness (QED) is 0.744. The van der Waals surface area contributed by atoms with Crippen molar-refractivity contribution in [1.82, 2.24) is 10.1 Å². The second-order valence-corrected chi connectivity index (χ2v) is 5.43. The first kappa shape index (κ1) is 14.5. The molecule has 5 nitrogen and oxygen atoms in total. The molecule has 5 heteroatoms. The molecule has 1 heterocycles. The molecule has 0 spiro atoms. The lowest BCUT2D eigenvalue weighted by molar-refractivity contribution is 0.0751. The lowest BCUT2D eigenvalue weighted by atomic mass is 9.97. The zero-order valence-corrected chi connectivity index (χ0v) is 12.0. The zero-order chi connectivity index (χ0) is 13.7. The summed E-state index contributed by atoms with van der Waals surface area (Å²) in [6.45, 7) is 2.95. The molecular formula is C14H25N3O2. The van der Waals surface area contributed by atoms with Gasteiger partial charge in [-0.1, -0.05) is 18.5 Å². The molecule has 0 aliphatic heterocycles. The first-order valence-electron chi connectivity index (χ1n) is 7.33. The smallest absolute Gasteiger partial charge is 0.226 e. The summed E-state index contributed by atoms with van der Waals surface area (Å²) in [7, 11) is 1.72. The third-order valence-electron chi connectivity index (χ3n) is 3.96. The molecule has 0 radical (unpaired) electrons. The maximum atomic E-state index is 5.61. The van der Waals surface area contributed by atoms with Crippen molar-refractivity contribution >= 4 is 0 Å². The predicted octanol–water partition coefficient (Wildman–Crippen LogP) is 2.47. The van der Waals surface area contributed by atoms with Crippen LogP contribution in [0.15, 0.2) is 4.52 Å². The highest BCUT2D eigenvalue weighted by Crippen LogP contribution is 2.41. The maximum absolute atomic E-state index is 5.61. The van der Waals surface area contributed by atoms with Crippen LogP contribution >= 0.6 is 0 Å². The molecule has 0 amide bonds. The van der Waals surface area contributed by atoms with E-state index >= 15 is 0 Å². The summed E-state index contributed by atoms with van der Waals surface area (Å²) in [5.74, 6) is 2.68. The molecule has 2 N–H and O–H groups in total.